The van der Waals surface area contributed by atoms with Crippen molar-refractivity contribution < 1.29 is 14.3 Å². The summed E-state index contributed by atoms with van der Waals surface area (Å²) in [5.74, 6) is 0. The van der Waals surface area contributed by atoms with Crippen LogP contribution in [0.1, 0.15) is 12.5 Å². The molecule has 0 heterocycles. The molecule has 0 saturated heterocycles. The predicted octanol–water partition coefficient (Wildman–Crippen LogP) is 1.68. The molecule has 0 aromatic heterocycles. The lowest BCUT2D eigenvalue weighted by Gasteiger charge is -2.09. The first-order valence-corrected chi connectivity index (χ1v) is 4.51. The van der Waals surface area contributed by atoms with Crippen LogP contribution < -0.4 is 0 Å². The van der Waals surface area contributed by atoms with E-state index >= 15 is 0 Å². The number of benzene rings is 1. The number of carbonyl (C=O) groups excluding carboxylic acids is 1. The van der Waals surface area contributed by atoms with Crippen LogP contribution in [0.25, 0.3) is 0 Å². The van der Waals surface area contributed by atoms with E-state index in [1.54, 1.807) is 6.92 Å². The van der Waals surface area contributed by atoms with Crippen molar-refractivity contribution in [3.05, 3.63) is 35.9 Å². The van der Waals surface area contributed by atoms with Gasteiger partial charge in [0, 0.05) is 0 Å². The highest BCUT2D eigenvalue weighted by atomic mass is 16.7. The summed E-state index contributed by atoms with van der Waals surface area (Å²) < 4.78 is 9.65. The van der Waals surface area contributed by atoms with E-state index in [9.17, 15) is 4.79 Å². The number of hydrogen-bond acceptors (Lipinski definition) is 3. The van der Waals surface area contributed by atoms with Crippen molar-refractivity contribution >= 4 is 6.47 Å². The second-order valence-electron chi connectivity index (χ2n) is 2.88. The molecule has 75 valence electrons. The van der Waals surface area contributed by atoms with Gasteiger partial charge in [0.15, 0.2) is 0 Å². The Kier molecular flexibility index (Phi) is 4.72. The van der Waals surface area contributed by atoms with Crippen molar-refractivity contribution in [1.29, 1.82) is 0 Å². The molecule has 0 saturated carbocycles. The van der Waals surface area contributed by atoms with Crippen LogP contribution in [0.2, 0.25) is 0 Å². The molecule has 1 atom stereocenters. The molecule has 1 rings (SSSR count). The average molecular weight is 193 g/mol. The zero-order valence-corrected chi connectivity index (χ0v) is 8.10. The van der Waals surface area contributed by atoms with Gasteiger partial charge in [-0.05, 0) is 18.9 Å². The Morgan fingerprint density at radius 1 is 1.36 bits per heavy atom. The van der Waals surface area contributed by atoms with E-state index in [0.29, 0.717) is 6.61 Å². The SMILES string of the molecule is CC(O[C]=O)OCCc1ccccc1. The molecule has 1 aromatic rings. The van der Waals surface area contributed by atoms with E-state index in [1.807, 2.05) is 30.3 Å². The average Bonchev–Trinajstić information content (AvgIpc) is 2.20. The van der Waals surface area contributed by atoms with Crippen LogP contribution in [0.5, 0.6) is 0 Å². The largest absolute Gasteiger partial charge is 0.428 e. The molecule has 0 fully saturated rings. The highest BCUT2D eigenvalue weighted by Gasteiger charge is 2.00. The molecule has 0 N–H and O–H groups in total. The van der Waals surface area contributed by atoms with Crippen LogP contribution in [0.3, 0.4) is 0 Å². The summed E-state index contributed by atoms with van der Waals surface area (Å²) in [6.07, 6.45) is 0.295. The van der Waals surface area contributed by atoms with Crippen LogP contribution in [0, 0.1) is 0 Å². The van der Waals surface area contributed by atoms with Crippen LogP contribution >= 0.6 is 0 Å². The summed E-state index contributed by atoms with van der Waals surface area (Å²) >= 11 is 0. The Morgan fingerprint density at radius 2 is 2.07 bits per heavy atom. The third-order valence-corrected chi connectivity index (χ3v) is 1.80. The topological polar surface area (TPSA) is 35.5 Å². The maximum absolute atomic E-state index is 9.82. The van der Waals surface area contributed by atoms with Crippen molar-refractivity contribution in [2.24, 2.45) is 0 Å². The minimum atomic E-state index is -0.517. The van der Waals surface area contributed by atoms with Gasteiger partial charge < -0.3 is 9.47 Å². The van der Waals surface area contributed by atoms with Gasteiger partial charge >= 0.3 is 6.47 Å². The van der Waals surface area contributed by atoms with E-state index in [4.69, 9.17) is 4.74 Å². The number of ether oxygens (including phenoxy) is 2. The Bertz CT molecular complexity index is 258. The van der Waals surface area contributed by atoms with E-state index in [0.717, 1.165) is 6.42 Å². The van der Waals surface area contributed by atoms with E-state index in [2.05, 4.69) is 4.74 Å². The quantitative estimate of drug-likeness (QED) is 0.645. The Hall–Kier alpha value is -1.35. The summed E-state index contributed by atoms with van der Waals surface area (Å²) in [5, 5.41) is 0. The van der Waals surface area contributed by atoms with Gasteiger partial charge in [-0.1, -0.05) is 30.3 Å². The number of hydrogen-bond donors (Lipinski definition) is 0. The van der Waals surface area contributed by atoms with Crippen molar-refractivity contribution in [2.45, 2.75) is 19.6 Å². The van der Waals surface area contributed by atoms with E-state index in [1.165, 1.54) is 12.0 Å². The van der Waals surface area contributed by atoms with Crippen LogP contribution in [0.4, 0.5) is 0 Å². The maximum atomic E-state index is 9.82. The standard InChI is InChI=1S/C11H13O3/c1-10(14-9-12)13-8-7-11-5-3-2-4-6-11/h2-6,10H,7-8H2,1H3. The molecule has 0 aliphatic carbocycles. The van der Waals surface area contributed by atoms with Gasteiger partial charge in [-0.3, -0.25) is 0 Å². The highest BCUT2D eigenvalue weighted by Crippen LogP contribution is 2.01. The van der Waals surface area contributed by atoms with Gasteiger partial charge in [0.1, 0.15) is 0 Å². The lowest BCUT2D eigenvalue weighted by Crippen LogP contribution is -2.13. The number of rotatable bonds is 6. The molecular weight excluding hydrogens is 180 g/mol. The molecule has 1 aromatic carbocycles. The Morgan fingerprint density at radius 3 is 2.71 bits per heavy atom. The first-order chi connectivity index (χ1) is 6.83. The molecule has 3 nitrogen and oxygen atoms in total. The summed E-state index contributed by atoms with van der Waals surface area (Å²) in [7, 11) is 0. The first kappa shape index (κ1) is 10.7. The summed E-state index contributed by atoms with van der Waals surface area (Å²) in [6, 6.07) is 9.99. The Balaban J connectivity index is 2.18. The van der Waals surface area contributed by atoms with Crippen molar-refractivity contribution in [2.75, 3.05) is 6.61 Å². The fraction of sp³-hybridized carbons (Fsp3) is 0.364. The molecule has 1 unspecified atom stereocenters. The maximum Gasteiger partial charge on any atom is 0.419 e. The molecule has 0 aliphatic heterocycles. The van der Waals surface area contributed by atoms with Crippen LogP contribution in [-0.4, -0.2) is 19.4 Å². The molecule has 14 heavy (non-hydrogen) atoms. The van der Waals surface area contributed by atoms with Crippen LogP contribution in [-0.2, 0) is 20.7 Å². The zero-order chi connectivity index (χ0) is 10.2. The predicted molar refractivity (Wildman–Crippen MR) is 52.3 cm³/mol. The van der Waals surface area contributed by atoms with Gasteiger partial charge in [0.25, 0.3) is 0 Å². The zero-order valence-electron chi connectivity index (χ0n) is 8.10. The van der Waals surface area contributed by atoms with Crippen molar-refractivity contribution in [3.8, 4) is 0 Å². The molecule has 3 heteroatoms. The lowest BCUT2D eigenvalue weighted by molar-refractivity contribution is -0.0745. The summed E-state index contributed by atoms with van der Waals surface area (Å²) in [4.78, 5) is 9.82. The van der Waals surface area contributed by atoms with Gasteiger partial charge in [0.2, 0.25) is 6.29 Å². The van der Waals surface area contributed by atoms with Gasteiger partial charge in [-0.2, -0.15) is 0 Å². The summed E-state index contributed by atoms with van der Waals surface area (Å²) in [5.41, 5.74) is 1.20. The van der Waals surface area contributed by atoms with Crippen LogP contribution in [0.15, 0.2) is 30.3 Å². The van der Waals surface area contributed by atoms with E-state index < -0.39 is 6.29 Å². The fourth-order valence-electron chi connectivity index (χ4n) is 1.09. The van der Waals surface area contributed by atoms with Crippen molar-refractivity contribution in [3.63, 3.8) is 0 Å². The lowest BCUT2D eigenvalue weighted by atomic mass is 10.2. The van der Waals surface area contributed by atoms with Gasteiger partial charge in [0.05, 0.1) is 6.61 Å². The monoisotopic (exact) mass is 193 g/mol. The Labute approximate surface area is 83.6 Å². The molecule has 0 bridgehead atoms. The normalized spacial score (nSPS) is 12.1. The smallest absolute Gasteiger partial charge is 0.419 e. The van der Waals surface area contributed by atoms with E-state index in [-0.39, 0.29) is 0 Å². The third kappa shape index (κ3) is 4.05. The molecule has 0 aliphatic rings. The fourth-order valence-corrected chi connectivity index (χ4v) is 1.09. The molecular formula is C11H13O3. The van der Waals surface area contributed by atoms with Gasteiger partial charge in [-0.25, -0.2) is 4.79 Å². The minimum Gasteiger partial charge on any atom is -0.428 e. The highest BCUT2D eigenvalue weighted by molar-refractivity contribution is 5.38. The molecule has 1 radical (unpaired) electrons. The minimum absolute atomic E-state index is 0.517. The third-order valence-electron chi connectivity index (χ3n) is 1.80. The summed E-state index contributed by atoms with van der Waals surface area (Å²) in [6.45, 7) is 3.54. The van der Waals surface area contributed by atoms with Crippen molar-refractivity contribution in [1.82, 2.24) is 0 Å². The first-order valence-electron chi connectivity index (χ1n) is 4.51. The van der Waals surface area contributed by atoms with Gasteiger partial charge in [-0.15, -0.1) is 0 Å². The second kappa shape index (κ2) is 6.16. The molecule has 0 amide bonds. The second-order valence-corrected chi connectivity index (χ2v) is 2.88. The molecule has 0 spiro atoms.